The molecule has 0 saturated heterocycles. The van der Waals surface area contributed by atoms with Crippen molar-refractivity contribution in [1.82, 2.24) is 0 Å². The number of rotatable bonds is 3. The second-order valence-corrected chi connectivity index (χ2v) is 4.35. The summed E-state index contributed by atoms with van der Waals surface area (Å²) < 4.78 is 5.61. The zero-order chi connectivity index (χ0) is 10.5. The molecule has 0 spiro atoms. The molecular weight excluding hydrogens is 204 g/mol. The van der Waals surface area contributed by atoms with E-state index >= 15 is 0 Å². The van der Waals surface area contributed by atoms with Gasteiger partial charge in [0.25, 0.3) is 0 Å². The van der Waals surface area contributed by atoms with E-state index in [1.54, 1.807) is 0 Å². The van der Waals surface area contributed by atoms with E-state index in [1.165, 1.54) is 0 Å². The summed E-state index contributed by atoms with van der Waals surface area (Å²) in [5, 5.41) is 1.02. The minimum Gasteiger partial charge on any atom is -0.457 e. The van der Waals surface area contributed by atoms with Crippen molar-refractivity contribution < 1.29 is 9.53 Å². The minimum absolute atomic E-state index is 0.799. The van der Waals surface area contributed by atoms with Crippen LogP contribution in [0.15, 0.2) is 54.6 Å². The summed E-state index contributed by atoms with van der Waals surface area (Å²) in [5.74, 6) is 1.62. The molecular formula is C12H12O2Si. The second kappa shape index (κ2) is 4.77. The van der Waals surface area contributed by atoms with Crippen LogP contribution in [0.3, 0.4) is 0 Å². The molecule has 0 atom stereocenters. The minimum atomic E-state index is -1.05. The van der Waals surface area contributed by atoms with Gasteiger partial charge in [-0.3, -0.25) is 0 Å². The summed E-state index contributed by atoms with van der Waals surface area (Å²) in [6.07, 6.45) is 0. The van der Waals surface area contributed by atoms with Crippen molar-refractivity contribution in [3.8, 4) is 11.5 Å². The molecule has 0 amide bonds. The van der Waals surface area contributed by atoms with Crippen molar-refractivity contribution in [3.05, 3.63) is 54.6 Å². The van der Waals surface area contributed by atoms with Crippen LogP contribution in [0.25, 0.3) is 0 Å². The summed E-state index contributed by atoms with van der Waals surface area (Å²) in [7, 11) is -1.05. The van der Waals surface area contributed by atoms with Crippen LogP contribution in [0.4, 0.5) is 0 Å². The number of ether oxygens (including phenoxy) is 1. The summed E-state index contributed by atoms with van der Waals surface area (Å²) in [4.78, 5) is 9.02. The highest BCUT2D eigenvalue weighted by atomic mass is 28.2. The van der Waals surface area contributed by atoms with Crippen LogP contribution in [-0.4, -0.2) is 14.6 Å². The standard InChI is InChI=1S/C12H12O2Si/c13-15-12-8-6-11(7-9-12)14-10-4-2-1-3-5-10/h1-9,13H,15H2. The van der Waals surface area contributed by atoms with Gasteiger partial charge < -0.3 is 9.53 Å². The first-order valence-corrected chi connectivity index (χ1v) is 6.15. The molecule has 0 radical (unpaired) electrons. The molecule has 0 aliphatic heterocycles. The SMILES string of the molecule is O[SiH2]c1ccc(Oc2ccccc2)cc1. The lowest BCUT2D eigenvalue weighted by Crippen LogP contribution is -2.11. The largest absolute Gasteiger partial charge is 0.457 e. The smallest absolute Gasteiger partial charge is 0.187 e. The molecule has 2 aromatic carbocycles. The van der Waals surface area contributed by atoms with Crippen LogP contribution in [0.5, 0.6) is 11.5 Å². The molecule has 76 valence electrons. The fourth-order valence-corrected chi connectivity index (χ4v) is 1.73. The third-order valence-electron chi connectivity index (χ3n) is 2.08. The van der Waals surface area contributed by atoms with Gasteiger partial charge in [0.2, 0.25) is 0 Å². The fraction of sp³-hybridized carbons (Fsp3) is 0. The van der Waals surface area contributed by atoms with E-state index in [0.29, 0.717) is 0 Å². The fourth-order valence-electron chi connectivity index (χ4n) is 1.29. The molecule has 15 heavy (non-hydrogen) atoms. The molecule has 0 aliphatic rings. The van der Waals surface area contributed by atoms with Gasteiger partial charge in [-0.1, -0.05) is 30.3 Å². The van der Waals surface area contributed by atoms with Gasteiger partial charge in [0.15, 0.2) is 9.76 Å². The zero-order valence-corrected chi connectivity index (χ0v) is 9.67. The predicted octanol–water partition coefficient (Wildman–Crippen LogP) is 1.18. The molecule has 0 heterocycles. The maximum Gasteiger partial charge on any atom is 0.187 e. The van der Waals surface area contributed by atoms with E-state index in [4.69, 9.17) is 9.53 Å². The Morgan fingerprint density at radius 2 is 1.40 bits per heavy atom. The van der Waals surface area contributed by atoms with Gasteiger partial charge in [0.1, 0.15) is 11.5 Å². The van der Waals surface area contributed by atoms with Crippen LogP contribution in [0.2, 0.25) is 0 Å². The zero-order valence-electron chi connectivity index (χ0n) is 8.26. The Morgan fingerprint density at radius 1 is 0.800 bits per heavy atom. The Balaban J connectivity index is 2.11. The summed E-state index contributed by atoms with van der Waals surface area (Å²) >= 11 is 0. The van der Waals surface area contributed by atoms with E-state index in [1.807, 2.05) is 54.6 Å². The first kappa shape index (κ1) is 9.95. The Hall–Kier alpha value is -1.58. The molecule has 0 aliphatic carbocycles. The highest BCUT2D eigenvalue weighted by Gasteiger charge is 1.96. The molecule has 0 bridgehead atoms. The van der Waals surface area contributed by atoms with E-state index in [9.17, 15) is 0 Å². The second-order valence-electron chi connectivity index (χ2n) is 3.22. The van der Waals surface area contributed by atoms with Gasteiger partial charge >= 0.3 is 0 Å². The lowest BCUT2D eigenvalue weighted by molar-refractivity contribution is 0.483. The molecule has 2 rings (SSSR count). The third kappa shape index (κ3) is 2.68. The maximum atomic E-state index is 9.02. The summed E-state index contributed by atoms with van der Waals surface area (Å²) in [5.41, 5.74) is 0. The Kier molecular flexibility index (Phi) is 3.17. The Bertz CT molecular complexity index is 411. The molecule has 1 N–H and O–H groups in total. The first-order chi connectivity index (χ1) is 7.38. The monoisotopic (exact) mass is 216 g/mol. The van der Waals surface area contributed by atoms with E-state index in [0.717, 1.165) is 16.7 Å². The Morgan fingerprint density at radius 3 is 2.00 bits per heavy atom. The summed E-state index contributed by atoms with van der Waals surface area (Å²) in [6, 6.07) is 17.2. The van der Waals surface area contributed by atoms with Crippen molar-refractivity contribution in [2.24, 2.45) is 0 Å². The van der Waals surface area contributed by atoms with Crippen LogP contribution in [0.1, 0.15) is 0 Å². The highest BCUT2D eigenvalue weighted by molar-refractivity contribution is 6.45. The quantitative estimate of drug-likeness (QED) is 0.781. The number of hydrogen-bond donors (Lipinski definition) is 1. The Labute approximate surface area is 91.1 Å². The van der Waals surface area contributed by atoms with Gasteiger partial charge in [-0.15, -0.1) is 0 Å². The number of benzene rings is 2. The number of para-hydroxylation sites is 1. The molecule has 3 heteroatoms. The van der Waals surface area contributed by atoms with E-state index in [-0.39, 0.29) is 0 Å². The topological polar surface area (TPSA) is 29.5 Å². The molecule has 0 aromatic heterocycles. The average Bonchev–Trinajstić information content (AvgIpc) is 2.31. The van der Waals surface area contributed by atoms with Crippen molar-refractivity contribution in [1.29, 1.82) is 0 Å². The maximum absolute atomic E-state index is 9.02. The van der Waals surface area contributed by atoms with Crippen molar-refractivity contribution >= 4 is 14.9 Å². The predicted molar refractivity (Wildman–Crippen MR) is 63.4 cm³/mol. The van der Waals surface area contributed by atoms with Crippen LogP contribution < -0.4 is 9.92 Å². The lowest BCUT2D eigenvalue weighted by Gasteiger charge is -2.05. The van der Waals surface area contributed by atoms with E-state index < -0.39 is 9.76 Å². The van der Waals surface area contributed by atoms with Gasteiger partial charge in [0.05, 0.1) is 0 Å². The normalized spacial score (nSPS) is 10.7. The van der Waals surface area contributed by atoms with Crippen molar-refractivity contribution in [3.63, 3.8) is 0 Å². The van der Waals surface area contributed by atoms with Crippen molar-refractivity contribution in [2.45, 2.75) is 0 Å². The molecule has 0 fully saturated rings. The molecule has 2 aromatic rings. The van der Waals surface area contributed by atoms with Gasteiger partial charge in [-0.05, 0) is 29.5 Å². The first-order valence-electron chi connectivity index (χ1n) is 4.81. The van der Waals surface area contributed by atoms with Crippen LogP contribution >= 0.6 is 0 Å². The molecule has 2 nitrogen and oxygen atoms in total. The van der Waals surface area contributed by atoms with Crippen LogP contribution in [-0.2, 0) is 0 Å². The molecule has 0 unspecified atom stereocenters. The average molecular weight is 216 g/mol. The van der Waals surface area contributed by atoms with Crippen molar-refractivity contribution in [2.75, 3.05) is 0 Å². The van der Waals surface area contributed by atoms with Gasteiger partial charge in [-0.25, -0.2) is 0 Å². The molecule has 0 saturated carbocycles. The van der Waals surface area contributed by atoms with Gasteiger partial charge in [0, 0.05) is 0 Å². The number of hydrogen-bond acceptors (Lipinski definition) is 2. The summed E-state index contributed by atoms with van der Waals surface area (Å²) in [6.45, 7) is 0. The van der Waals surface area contributed by atoms with Crippen LogP contribution in [0, 0.1) is 0 Å². The van der Waals surface area contributed by atoms with E-state index in [2.05, 4.69) is 0 Å². The third-order valence-corrected chi connectivity index (χ3v) is 2.92. The van der Waals surface area contributed by atoms with Gasteiger partial charge in [-0.2, -0.15) is 0 Å². The highest BCUT2D eigenvalue weighted by Crippen LogP contribution is 2.19. The lowest BCUT2D eigenvalue weighted by atomic mass is 10.3.